The molecule has 100 valence electrons. The molecule has 2 atom stereocenters. The minimum atomic E-state index is 0.149. The van der Waals surface area contributed by atoms with E-state index in [-0.39, 0.29) is 6.04 Å². The van der Waals surface area contributed by atoms with Gasteiger partial charge in [0.2, 0.25) is 5.88 Å². The summed E-state index contributed by atoms with van der Waals surface area (Å²) in [5.74, 6) is 1.56. The Bertz CT molecular complexity index is 383. The van der Waals surface area contributed by atoms with Crippen LogP contribution < -0.4 is 15.4 Å². The number of hydrogen-bond acceptors (Lipinski definition) is 5. The van der Waals surface area contributed by atoms with Crippen LogP contribution in [0.15, 0.2) is 12.4 Å². The number of piperidine rings is 1. The molecule has 5 heteroatoms. The van der Waals surface area contributed by atoms with Crippen molar-refractivity contribution >= 4 is 5.82 Å². The Hall–Kier alpha value is -1.36. The summed E-state index contributed by atoms with van der Waals surface area (Å²) in [5.41, 5.74) is 6.08. The van der Waals surface area contributed by atoms with E-state index in [1.807, 2.05) is 13.0 Å². The average Bonchev–Trinajstić information content (AvgIpc) is 2.39. The maximum Gasteiger partial charge on any atom is 0.218 e. The smallest absolute Gasteiger partial charge is 0.218 e. The van der Waals surface area contributed by atoms with Crippen LogP contribution in [-0.4, -0.2) is 35.2 Å². The second-order valence-corrected chi connectivity index (χ2v) is 4.76. The Morgan fingerprint density at radius 3 is 3.06 bits per heavy atom. The van der Waals surface area contributed by atoms with Gasteiger partial charge >= 0.3 is 0 Å². The fraction of sp³-hybridized carbons (Fsp3) is 0.692. The first kappa shape index (κ1) is 13.1. The Balaban J connectivity index is 2.19. The van der Waals surface area contributed by atoms with Gasteiger partial charge in [-0.25, -0.2) is 9.97 Å². The molecule has 1 aliphatic heterocycles. The van der Waals surface area contributed by atoms with Crippen LogP contribution >= 0.6 is 0 Å². The van der Waals surface area contributed by atoms with Crippen LogP contribution in [0.25, 0.3) is 0 Å². The van der Waals surface area contributed by atoms with Crippen LogP contribution in [0.4, 0.5) is 5.82 Å². The van der Waals surface area contributed by atoms with Gasteiger partial charge in [-0.1, -0.05) is 0 Å². The Labute approximate surface area is 108 Å². The van der Waals surface area contributed by atoms with Crippen molar-refractivity contribution in [3.8, 4) is 5.88 Å². The largest absolute Gasteiger partial charge is 0.478 e. The van der Waals surface area contributed by atoms with E-state index in [1.165, 1.54) is 12.8 Å². The van der Waals surface area contributed by atoms with Crippen molar-refractivity contribution < 1.29 is 4.74 Å². The zero-order valence-corrected chi connectivity index (χ0v) is 11.2. The van der Waals surface area contributed by atoms with Crippen LogP contribution in [0.2, 0.25) is 0 Å². The summed E-state index contributed by atoms with van der Waals surface area (Å²) < 4.78 is 5.42. The van der Waals surface area contributed by atoms with Gasteiger partial charge in [-0.15, -0.1) is 0 Å². The van der Waals surface area contributed by atoms with Gasteiger partial charge in [-0.3, -0.25) is 0 Å². The molecule has 1 fully saturated rings. The maximum atomic E-state index is 6.08. The fourth-order valence-electron chi connectivity index (χ4n) is 2.50. The predicted octanol–water partition coefficient (Wildman–Crippen LogP) is 1.58. The van der Waals surface area contributed by atoms with Gasteiger partial charge in [0.15, 0.2) is 0 Å². The van der Waals surface area contributed by atoms with E-state index >= 15 is 0 Å². The van der Waals surface area contributed by atoms with E-state index < -0.39 is 0 Å². The van der Waals surface area contributed by atoms with Gasteiger partial charge in [-0.2, -0.15) is 0 Å². The highest BCUT2D eigenvalue weighted by Gasteiger charge is 2.26. The summed E-state index contributed by atoms with van der Waals surface area (Å²) in [5, 5.41) is 0. The minimum Gasteiger partial charge on any atom is -0.478 e. The zero-order chi connectivity index (χ0) is 13.0. The lowest BCUT2D eigenvalue weighted by molar-refractivity contribution is 0.325. The maximum absolute atomic E-state index is 6.08. The molecule has 0 radical (unpaired) electrons. The van der Waals surface area contributed by atoms with Gasteiger partial charge in [0.1, 0.15) is 12.1 Å². The quantitative estimate of drug-likeness (QED) is 0.879. The highest BCUT2D eigenvalue weighted by atomic mass is 16.5. The molecule has 5 nitrogen and oxygen atoms in total. The van der Waals surface area contributed by atoms with Gasteiger partial charge in [-0.05, 0) is 33.1 Å². The first-order chi connectivity index (χ1) is 8.72. The van der Waals surface area contributed by atoms with Gasteiger partial charge < -0.3 is 15.4 Å². The van der Waals surface area contributed by atoms with Gasteiger partial charge in [0.25, 0.3) is 0 Å². The van der Waals surface area contributed by atoms with E-state index in [9.17, 15) is 0 Å². The monoisotopic (exact) mass is 250 g/mol. The summed E-state index contributed by atoms with van der Waals surface area (Å²) in [6.07, 6.45) is 5.13. The summed E-state index contributed by atoms with van der Waals surface area (Å²) in [7, 11) is 0. The third-order valence-electron chi connectivity index (χ3n) is 3.37. The van der Waals surface area contributed by atoms with Crippen LogP contribution in [0.1, 0.15) is 33.1 Å². The molecule has 0 spiro atoms. The Kier molecular flexibility index (Phi) is 4.36. The van der Waals surface area contributed by atoms with Crippen LogP contribution in [0.5, 0.6) is 5.88 Å². The summed E-state index contributed by atoms with van der Waals surface area (Å²) in [6, 6.07) is 2.42. The number of aromatic nitrogens is 2. The lowest BCUT2D eigenvalue weighted by atomic mass is 9.97. The number of rotatable bonds is 4. The SMILES string of the molecule is CCOc1cc(N2CCCCC2C(C)N)ncn1. The summed E-state index contributed by atoms with van der Waals surface area (Å²) in [4.78, 5) is 10.7. The number of nitrogens with zero attached hydrogens (tertiary/aromatic N) is 3. The molecule has 2 N–H and O–H groups in total. The van der Waals surface area contributed by atoms with Crippen molar-refractivity contribution in [3.63, 3.8) is 0 Å². The predicted molar refractivity (Wildman–Crippen MR) is 71.8 cm³/mol. The third-order valence-corrected chi connectivity index (χ3v) is 3.37. The molecule has 2 heterocycles. The van der Waals surface area contributed by atoms with Crippen molar-refractivity contribution in [1.29, 1.82) is 0 Å². The van der Waals surface area contributed by atoms with Crippen molar-refractivity contribution in [2.45, 2.75) is 45.2 Å². The minimum absolute atomic E-state index is 0.149. The first-order valence-electron chi connectivity index (χ1n) is 6.69. The van der Waals surface area contributed by atoms with E-state index in [0.29, 0.717) is 18.5 Å². The molecule has 2 rings (SSSR count). The second-order valence-electron chi connectivity index (χ2n) is 4.76. The lowest BCUT2D eigenvalue weighted by Gasteiger charge is -2.38. The molecule has 0 bridgehead atoms. The van der Waals surface area contributed by atoms with Crippen molar-refractivity contribution in [2.75, 3.05) is 18.1 Å². The Morgan fingerprint density at radius 1 is 1.50 bits per heavy atom. The Morgan fingerprint density at radius 2 is 2.33 bits per heavy atom. The molecule has 0 amide bonds. The first-order valence-corrected chi connectivity index (χ1v) is 6.69. The number of ether oxygens (including phenoxy) is 1. The molecule has 1 saturated heterocycles. The molecule has 0 aromatic carbocycles. The number of hydrogen-bond donors (Lipinski definition) is 1. The molecular weight excluding hydrogens is 228 g/mol. The average molecular weight is 250 g/mol. The third kappa shape index (κ3) is 2.90. The molecular formula is C13H22N4O. The van der Waals surface area contributed by atoms with Crippen LogP contribution in [0.3, 0.4) is 0 Å². The topological polar surface area (TPSA) is 64.3 Å². The molecule has 1 aromatic rings. The van der Waals surface area contributed by atoms with Crippen molar-refractivity contribution in [1.82, 2.24) is 9.97 Å². The standard InChI is InChI=1S/C13H22N4O/c1-3-18-13-8-12(15-9-16-13)17-7-5-4-6-11(17)10(2)14/h8-11H,3-7,14H2,1-2H3. The normalized spacial score (nSPS) is 21.7. The van der Waals surface area contributed by atoms with Gasteiger partial charge in [0.05, 0.1) is 6.61 Å². The number of anilines is 1. The summed E-state index contributed by atoms with van der Waals surface area (Å²) in [6.45, 7) is 5.64. The van der Waals surface area contributed by atoms with E-state index in [4.69, 9.17) is 10.5 Å². The van der Waals surface area contributed by atoms with E-state index in [0.717, 1.165) is 18.8 Å². The lowest BCUT2D eigenvalue weighted by Crippen LogP contribution is -2.49. The zero-order valence-electron chi connectivity index (χ0n) is 11.2. The van der Waals surface area contributed by atoms with Crippen LogP contribution in [0, 0.1) is 0 Å². The van der Waals surface area contributed by atoms with Crippen LogP contribution in [-0.2, 0) is 0 Å². The van der Waals surface area contributed by atoms with Crippen molar-refractivity contribution in [2.24, 2.45) is 5.73 Å². The molecule has 0 aliphatic carbocycles. The fourth-order valence-corrected chi connectivity index (χ4v) is 2.50. The van der Waals surface area contributed by atoms with E-state index in [2.05, 4.69) is 21.8 Å². The van der Waals surface area contributed by atoms with Gasteiger partial charge in [0, 0.05) is 24.7 Å². The van der Waals surface area contributed by atoms with Crippen molar-refractivity contribution in [3.05, 3.63) is 12.4 Å². The molecule has 0 saturated carbocycles. The van der Waals surface area contributed by atoms with E-state index in [1.54, 1.807) is 6.33 Å². The summed E-state index contributed by atoms with van der Waals surface area (Å²) >= 11 is 0. The molecule has 1 aromatic heterocycles. The highest BCUT2D eigenvalue weighted by Crippen LogP contribution is 2.25. The molecule has 1 aliphatic rings. The molecule has 18 heavy (non-hydrogen) atoms. The highest BCUT2D eigenvalue weighted by molar-refractivity contribution is 5.43. The number of nitrogens with two attached hydrogens (primary N) is 1. The molecule has 2 unspecified atom stereocenters. The second kappa shape index (κ2) is 6.00.